The van der Waals surface area contributed by atoms with Gasteiger partial charge in [-0.1, -0.05) is 105 Å². The van der Waals surface area contributed by atoms with Crippen molar-refractivity contribution in [3.63, 3.8) is 0 Å². The van der Waals surface area contributed by atoms with Gasteiger partial charge in [-0.3, -0.25) is 0 Å². The van der Waals surface area contributed by atoms with Gasteiger partial charge in [0.05, 0.1) is 15.7 Å². The van der Waals surface area contributed by atoms with Crippen molar-refractivity contribution in [2.24, 2.45) is 0 Å². The fraction of sp³-hybridized carbons (Fsp3) is 0.0870. The van der Waals surface area contributed by atoms with Crippen LogP contribution < -0.4 is 9.80 Å². The number of nitrogens with zero attached hydrogens (tertiary/aromatic N) is 2. The molecule has 0 fully saturated rings. The van der Waals surface area contributed by atoms with Gasteiger partial charge in [-0.15, -0.1) is 11.3 Å². The van der Waals surface area contributed by atoms with Crippen LogP contribution in [-0.4, -0.2) is 0 Å². The van der Waals surface area contributed by atoms with Crippen LogP contribution in [0, 0.1) is 0 Å². The predicted octanol–water partition coefficient (Wildman–Crippen LogP) is 15.5. The minimum atomic E-state index is 0.0216. The van der Waals surface area contributed by atoms with Crippen LogP contribution in [-0.2, 0) is 5.41 Å². The molecule has 2 heterocycles. The van der Waals surface area contributed by atoms with Gasteiger partial charge >= 0.3 is 0 Å². The van der Waals surface area contributed by atoms with Crippen LogP contribution >= 0.6 is 34.5 Å². The number of furan rings is 1. The summed E-state index contributed by atoms with van der Waals surface area (Å²) in [5.41, 5.74) is 8.83. The third-order valence-corrected chi connectivity index (χ3v) is 11.7. The molecule has 9 aromatic rings. The van der Waals surface area contributed by atoms with Crippen molar-refractivity contribution in [1.29, 1.82) is 0 Å². The zero-order valence-electron chi connectivity index (χ0n) is 28.9. The van der Waals surface area contributed by atoms with Gasteiger partial charge in [-0.05, 0) is 102 Å². The Morgan fingerprint density at radius 3 is 1.87 bits per heavy atom. The topological polar surface area (TPSA) is 19.6 Å². The van der Waals surface area contributed by atoms with Gasteiger partial charge in [0.25, 0.3) is 0 Å². The molecule has 0 atom stereocenters. The summed E-state index contributed by atoms with van der Waals surface area (Å²) in [5, 5.41) is 5.66. The summed E-state index contributed by atoms with van der Waals surface area (Å²) in [7, 11) is 0. The van der Waals surface area contributed by atoms with Crippen molar-refractivity contribution in [3.8, 4) is 0 Å². The van der Waals surface area contributed by atoms with E-state index in [1.54, 1.807) is 0 Å². The normalized spacial score (nSPS) is 11.9. The molecule has 0 aliphatic heterocycles. The summed E-state index contributed by atoms with van der Waals surface area (Å²) >= 11 is 15.4. The largest absolute Gasteiger partial charge is 0.456 e. The smallest absolute Gasteiger partial charge is 0.135 e. The Bertz CT molecular complexity index is 2660. The molecule has 52 heavy (non-hydrogen) atoms. The number of fused-ring (bicyclic) bond motifs is 6. The lowest BCUT2D eigenvalue weighted by Crippen LogP contribution is -2.14. The van der Waals surface area contributed by atoms with E-state index in [2.05, 4.69) is 152 Å². The van der Waals surface area contributed by atoms with Gasteiger partial charge in [0.1, 0.15) is 11.2 Å². The molecule has 0 radical (unpaired) electrons. The van der Waals surface area contributed by atoms with Crippen molar-refractivity contribution in [2.45, 2.75) is 26.2 Å². The van der Waals surface area contributed by atoms with Crippen molar-refractivity contribution >= 4 is 111 Å². The van der Waals surface area contributed by atoms with Crippen molar-refractivity contribution in [1.82, 2.24) is 0 Å². The van der Waals surface area contributed by atoms with Crippen molar-refractivity contribution < 1.29 is 4.42 Å². The Hall–Kier alpha value is -5.26. The first-order valence-corrected chi connectivity index (χ1v) is 18.9. The Balaban J connectivity index is 1.26. The first kappa shape index (κ1) is 32.6. The third kappa shape index (κ3) is 5.68. The lowest BCUT2D eigenvalue weighted by Gasteiger charge is -2.30. The number of anilines is 6. The highest BCUT2D eigenvalue weighted by Crippen LogP contribution is 2.46. The maximum atomic E-state index is 6.98. The van der Waals surface area contributed by atoms with E-state index in [1.807, 2.05) is 41.7 Å². The Morgan fingerprint density at radius 2 is 1.08 bits per heavy atom. The summed E-state index contributed by atoms with van der Waals surface area (Å²) in [6.45, 7) is 6.68. The molecule has 0 aliphatic rings. The standard InChI is InChI=1S/C46H34Cl2N2OS/c1-46(2,3)29-18-20-30(21-19-29)50(40-15-9-14-39(47)45(40)48)32-11-8-10-31(26-32)49(33-22-24-42-37(27-33)35-12-4-6-16-41(35)51-42)34-23-25-44-38(28-34)36-13-5-7-17-43(36)52-44/h4-28H,1-3H3. The minimum Gasteiger partial charge on any atom is -0.456 e. The molecule has 0 bridgehead atoms. The number of rotatable bonds is 6. The molecule has 0 saturated heterocycles. The van der Waals surface area contributed by atoms with Crippen LogP contribution in [0.1, 0.15) is 26.3 Å². The van der Waals surface area contributed by atoms with Crippen LogP contribution in [0.5, 0.6) is 0 Å². The van der Waals surface area contributed by atoms with E-state index in [0.29, 0.717) is 10.0 Å². The van der Waals surface area contributed by atoms with Gasteiger partial charge in [0.2, 0.25) is 0 Å². The van der Waals surface area contributed by atoms with Crippen LogP contribution in [0.4, 0.5) is 34.1 Å². The predicted molar refractivity (Wildman–Crippen MR) is 225 cm³/mol. The number of halogens is 2. The van der Waals surface area contributed by atoms with Crippen LogP contribution in [0.3, 0.4) is 0 Å². The number of benzene rings is 7. The Labute approximate surface area is 316 Å². The number of hydrogen-bond donors (Lipinski definition) is 0. The van der Waals surface area contributed by atoms with E-state index in [1.165, 1.54) is 25.7 Å². The van der Waals surface area contributed by atoms with Gasteiger partial charge in [-0.2, -0.15) is 0 Å². The maximum Gasteiger partial charge on any atom is 0.135 e. The van der Waals surface area contributed by atoms with E-state index in [-0.39, 0.29) is 5.41 Å². The molecule has 9 rings (SSSR count). The summed E-state index contributed by atoms with van der Waals surface area (Å²) in [6, 6.07) is 53.2. The zero-order chi connectivity index (χ0) is 35.6. The van der Waals surface area contributed by atoms with Gasteiger partial charge < -0.3 is 14.2 Å². The molecule has 0 aliphatic carbocycles. The van der Waals surface area contributed by atoms with Crippen molar-refractivity contribution in [3.05, 3.63) is 167 Å². The quantitative estimate of drug-likeness (QED) is 0.170. The number of thiophene rings is 1. The highest BCUT2D eigenvalue weighted by Gasteiger charge is 2.22. The van der Waals surface area contributed by atoms with E-state index in [0.717, 1.165) is 56.1 Å². The summed E-state index contributed by atoms with van der Waals surface area (Å²) in [4.78, 5) is 4.52. The molecule has 0 saturated carbocycles. The molecule has 6 heteroatoms. The molecule has 0 N–H and O–H groups in total. The van der Waals surface area contributed by atoms with E-state index >= 15 is 0 Å². The van der Waals surface area contributed by atoms with E-state index < -0.39 is 0 Å². The van der Waals surface area contributed by atoms with Crippen LogP contribution in [0.25, 0.3) is 42.1 Å². The average molecular weight is 734 g/mol. The molecule has 254 valence electrons. The molecular formula is C46H34Cl2N2OS. The first-order valence-electron chi connectivity index (χ1n) is 17.3. The van der Waals surface area contributed by atoms with E-state index in [9.17, 15) is 0 Å². The Morgan fingerprint density at radius 1 is 0.481 bits per heavy atom. The summed E-state index contributed by atoms with van der Waals surface area (Å²) < 4.78 is 8.78. The van der Waals surface area contributed by atoms with Crippen molar-refractivity contribution in [2.75, 3.05) is 9.80 Å². The minimum absolute atomic E-state index is 0.0216. The molecule has 2 aromatic heterocycles. The van der Waals surface area contributed by atoms with Gasteiger partial charge in [-0.25, -0.2) is 0 Å². The fourth-order valence-corrected chi connectivity index (χ4v) is 8.59. The molecule has 0 amide bonds. The monoisotopic (exact) mass is 732 g/mol. The Kier molecular flexibility index (Phi) is 8.00. The molecule has 0 spiro atoms. The molecule has 3 nitrogen and oxygen atoms in total. The second-order valence-electron chi connectivity index (χ2n) is 14.1. The van der Waals surface area contributed by atoms with Crippen LogP contribution in [0.15, 0.2) is 156 Å². The maximum absolute atomic E-state index is 6.98. The average Bonchev–Trinajstić information content (AvgIpc) is 3.72. The lowest BCUT2D eigenvalue weighted by atomic mass is 9.87. The summed E-state index contributed by atoms with van der Waals surface area (Å²) in [6.07, 6.45) is 0. The third-order valence-electron chi connectivity index (χ3n) is 9.75. The highest BCUT2D eigenvalue weighted by molar-refractivity contribution is 7.25. The second kappa shape index (κ2) is 12.8. The fourth-order valence-electron chi connectivity index (χ4n) is 7.13. The summed E-state index contributed by atoms with van der Waals surface area (Å²) in [5.74, 6) is 0. The lowest BCUT2D eigenvalue weighted by molar-refractivity contribution is 0.590. The second-order valence-corrected chi connectivity index (χ2v) is 16.0. The molecule has 0 unspecified atom stereocenters. The number of hydrogen-bond acceptors (Lipinski definition) is 4. The van der Waals surface area contributed by atoms with E-state index in [4.69, 9.17) is 27.6 Å². The van der Waals surface area contributed by atoms with Gasteiger partial charge in [0.15, 0.2) is 0 Å². The molecular weight excluding hydrogens is 699 g/mol. The highest BCUT2D eigenvalue weighted by atomic mass is 35.5. The zero-order valence-corrected chi connectivity index (χ0v) is 31.2. The SMILES string of the molecule is CC(C)(C)c1ccc(N(c2cccc(N(c3ccc4oc5ccccc5c4c3)c3ccc4sc5ccccc5c4c3)c2)c2cccc(Cl)c2Cl)cc1. The number of para-hydroxylation sites is 1. The van der Waals surface area contributed by atoms with Crippen LogP contribution in [0.2, 0.25) is 10.0 Å². The first-order chi connectivity index (χ1) is 25.2. The molecule has 7 aromatic carbocycles. The van der Waals surface area contributed by atoms with Gasteiger partial charge in [0, 0.05) is 59.4 Å².